The molecule has 0 radical (unpaired) electrons. The summed E-state index contributed by atoms with van der Waals surface area (Å²) in [6.07, 6.45) is 4.10. The molecule has 1 heterocycles. The average molecular weight is 338 g/mol. The zero-order valence-electron chi connectivity index (χ0n) is 11.4. The SMILES string of the molecule is NC(=O)N(c1ccc(N[SH](=O)=O)cc1)c1ncc(C2CC2)s1. The van der Waals surface area contributed by atoms with Gasteiger partial charge < -0.3 is 5.73 Å². The molecule has 3 rings (SSSR count). The highest BCUT2D eigenvalue weighted by atomic mass is 32.2. The number of urea groups is 1. The van der Waals surface area contributed by atoms with Crippen molar-refractivity contribution in [3.63, 3.8) is 0 Å². The van der Waals surface area contributed by atoms with E-state index in [1.165, 1.54) is 16.2 Å². The summed E-state index contributed by atoms with van der Waals surface area (Å²) in [6.45, 7) is 0. The molecular formula is C13H14N4O3S2. The number of thiazole rings is 1. The maximum absolute atomic E-state index is 11.8. The van der Waals surface area contributed by atoms with Crippen molar-refractivity contribution in [1.82, 2.24) is 4.98 Å². The van der Waals surface area contributed by atoms with Gasteiger partial charge in [0.2, 0.25) is 10.9 Å². The fourth-order valence-corrected chi connectivity index (χ4v) is 3.53. The van der Waals surface area contributed by atoms with Crippen molar-refractivity contribution in [1.29, 1.82) is 0 Å². The Kier molecular flexibility index (Phi) is 3.99. The first kappa shape index (κ1) is 14.8. The standard InChI is InChI=1S/C13H14N4O3S2/c14-12(18)17(13-15-7-11(21-13)8-1-2-8)10-5-3-9(4-6-10)16-22(19)20/h3-8,22H,1-2H2,(H2,14,18)(H,16,19,20). The molecular weight excluding hydrogens is 324 g/mol. The number of nitrogens with one attached hydrogen (secondary N) is 1. The molecule has 1 saturated carbocycles. The molecule has 1 fully saturated rings. The molecule has 1 aromatic carbocycles. The molecule has 7 nitrogen and oxygen atoms in total. The maximum Gasteiger partial charge on any atom is 0.325 e. The van der Waals surface area contributed by atoms with E-state index in [0.29, 0.717) is 22.4 Å². The topological polar surface area (TPSA) is 105 Å². The summed E-state index contributed by atoms with van der Waals surface area (Å²) in [4.78, 5) is 18.5. The first-order chi connectivity index (χ1) is 10.5. The highest BCUT2D eigenvalue weighted by Crippen LogP contribution is 2.44. The van der Waals surface area contributed by atoms with Crippen molar-refractivity contribution in [3.8, 4) is 0 Å². The Morgan fingerprint density at radius 1 is 1.32 bits per heavy atom. The largest absolute Gasteiger partial charge is 0.351 e. The summed E-state index contributed by atoms with van der Waals surface area (Å²) in [5.74, 6) is 0.556. The lowest BCUT2D eigenvalue weighted by Crippen LogP contribution is -2.31. The van der Waals surface area contributed by atoms with E-state index in [9.17, 15) is 13.2 Å². The third kappa shape index (κ3) is 3.20. The van der Waals surface area contributed by atoms with Crippen molar-refractivity contribution >= 4 is 44.8 Å². The number of hydrogen-bond donors (Lipinski definition) is 3. The maximum atomic E-state index is 11.8. The Balaban J connectivity index is 1.87. The molecule has 2 amide bonds. The predicted molar refractivity (Wildman–Crippen MR) is 86.2 cm³/mol. The molecule has 9 heteroatoms. The molecule has 0 spiro atoms. The number of primary amides is 1. The van der Waals surface area contributed by atoms with E-state index >= 15 is 0 Å². The van der Waals surface area contributed by atoms with Gasteiger partial charge in [0.05, 0.1) is 5.69 Å². The van der Waals surface area contributed by atoms with Crippen LogP contribution in [0.2, 0.25) is 0 Å². The van der Waals surface area contributed by atoms with Crippen LogP contribution in [-0.4, -0.2) is 19.4 Å². The number of nitrogens with two attached hydrogens (primary N) is 1. The monoisotopic (exact) mass is 338 g/mol. The Hall–Kier alpha value is -2.13. The molecule has 1 aliphatic rings. The fourth-order valence-electron chi connectivity index (χ4n) is 2.06. The minimum Gasteiger partial charge on any atom is -0.351 e. The smallest absolute Gasteiger partial charge is 0.325 e. The lowest BCUT2D eigenvalue weighted by atomic mass is 10.3. The lowest BCUT2D eigenvalue weighted by molar-refractivity contribution is 0.256. The van der Waals surface area contributed by atoms with Crippen LogP contribution in [0.15, 0.2) is 30.5 Å². The van der Waals surface area contributed by atoms with E-state index in [1.807, 2.05) is 0 Å². The summed E-state index contributed by atoms with van der Waals surface area (Å²) in [7, 11) is -2.72. The van der Waals surface area contributed by atoms with E-state index < -0.39 is 16.9 Å². The minimum atomic E-state index is -2.72. The molecule has 3 N–H and O–H groups in total. The van der Waals surface area contributed by atoms with Crippen molar-refractivity contribution < 1.29 is 13.2 Å². The Bertz CT molecular complexity index is 758. The minimum absolute atomic E-state index is 0.419. The summed E-state index contributed by atoms with van der Waals surface area (Å²) in [6, 6.07) is 5.72. The Morgan fingerprint density at radius 3 is 2.55 bits per heavy atom. The van der Waals surface area contributed by atoms with Crippen molar-refractivity contribution in [3.05, 3.63) is 35.3 Å². The van der Waals surface area contributed by atoms with Crippen LogP contribution in [-0.2, 0) is 10.9 Å². The average Bonchev–Trinajstić information content (AvgIpc) is 3.20. The van der Waals surface area contributed by atoms with E-state index in [0.717, 1.165) is 17.7 Å². The van der Waals surface area contributed by atoms with Crippen molar-refractivity contribution in [2.75, 3.05) is 9.62 Å². The van der Waals surface area contributed by atoms with Gasteiger partial charge in [-0.2, -0.15) is 0 Å². The van der Waals surface area contributed by atoms with Gasteiger partial charge in [0.1, 0.15) is 0 Å². The number of carbonyl (C=O) groups excluding carboxylic acids is 1. The van der Waals surface area contributed by atoms with Gasteiger partial charge in [-0.05, 0) is 43.0 Å². The van der Waals surface area contributed by atoms with E-state index in [1.54, 1.807) is 30.5 Å². The molecule has 22 heavy (non-hydrogen) atoms. The first-order valence-corrected chi connectivity index (χ1v) is 8.60. The van der Waals surface area contributed by atoms with Crippen LogP contribution >= 0.6 is 11.3 Å². The zero-order valence-corrected chi connectivity index (χ0v) is 13.1. The van der Waals surface area contributed by atoms with Crippen LogP contribution in [0, 0.1) is 0 Å². The highest BCUT2D eigenvalue weighted by molar-refractivity contribution is 7.73. The van der Waals surface area contributed by atoms with Crippen molar-refractivity contribution in [2.24, 2.45) is 5.73 Å². The van der Waals surface area contributed by atoms with E-state index in [4.69, 9.17) is 5.73 Å². The van der Waals surface area contributed by atoms with Gasteiger partial charge in [-0.3, -0.25) is 4.72 Å². The number of benzene rings is 1. The van der Waals surface area contributed by atoms with Crippen LogP contribution in [0.3, 0.4) is 0 Å². The van der Waals surface area contributed by atoms with Gasteiger partial charge in [0, 0.05) is 16.8 Å². The van der Waals surface area contributed by atoms with Crippen LogP contribution in [0.1, 0.15) is 23.6 Å². The molecule has 0 atom stereocenters. The zero-order chi connectivity index (χ0) is 15.7. The number of amides is 2. The van der Waals surface area contributed by atoms with Crippen LogP contribution in [0.4, 0.5) is 21.3 Å². The Morgan fingerprint density at radius 2 is 2.00 bits per heavy atom. The number of aromatic nitrogens is 1. The number of thiol groups is 1. The summed E-state index contributed by atoms with van der Waals surface area (Å²) in [5, 5.41) is 0.519. The highest BCUT2D eigenvalue weighted by Gasteiger charge is 2.27. The molecule has 1 aromatic heterocycles. The molecule has 0 saturated heterocycles. The van der Waals surface area contributed by atoms with Gasteiger partial charge >= 0.3 is 6.03 Å². The molecule has 0 unspecified atom stereocenters. The molecule has 1 aliphatic carbocycles. The van der Waals surface area contributed by atoms with Crippen LogP contribution in [0.5, 0.6) is 0 Å². The predicted octanol–water partition coefficient (Wildman–Crippen LogP) is 2.18. The Labute approximate surface area is 132 Å². The second-order valence-electron chi connectivity index (χ2n) is 4.91. The van der Waals surface area contributed by atoms with Gasteiger partial charge in [-0.15, -0.1) is 11.3 Å². The molecule has 2 aromatic rings. The van der Waals surface area contributed by atoms with E-state index in [2.05, 4.69) is 9.71 Å². The lowest BCUT2D eigenvalue weighted by Gasteiger charge is -2.17. The van der Waals surface area contributed by atoms with Crippen LogP contribution < -0.4 is 15.4 Å². The van der Waals surface area contributed by atoms with Crippen molar-refractivity contribution in [2.45, 2.75) is 18.8 Å². The molecule has 0 aliphatic heterocycles. The number of carbonyl (C=O) groups is 1. The van der Waals surface area contributed by atoms with Gasteiger partial charge in [0.25, 0.3) is 0 Å². The summed E-state index contributed by atoms with van der Waals surface area (Å²) >= 11 is 1.45. The van der Waals surface area contributed by atoms with Crippen LogP contribution in [0.25, 0.3) is 0 Å². The third-order valence-corrected chi connectivity index (χ3v) is 4.83. The second-order valence-corrected chi connectivity index (χ2v) is 6.69. The second kappa shape index (κ2) is 5.93. The third-order valence-electron chi connectivity index (χ3n) is 3.25. The van der Waals surface area contributed by atoms with Gasteiger partial charge in [-0.1, -0.05) is 0 Å². The summed E-state index contributed by atoms with van der Waals surface area (Å²) < 4.78 is 23.5. The first-order valence-electron chi connectivity index (χ1n) is 6.61. The molecule has 116 valence electrons. The fraction of sp³-hybridized carbons (Fsp3) is 0.231. The molecule has 0 bridgehead atoms. The number of rotatable bonds is 5. The van der Waals surface area contributed by atoms with E-state index in [-0.39, 0.29) is 0 Å². The normalized spacial score (nSPS) is 14.0. The van der Waals surface area contributed by atoms with Gasteiger partial charge in [0.15, 0.2) is 5.13 Å². The summed E-state index contributed by atoms with van der Waals surface area (Å²) in [5.41, 5.74) is 6.42. The number of hydrogen-bond acceptors (Lipinski definition) is 5. The quantitative estimate of drug-likeness (QED) is 0.727. The number of anilines is 3. The number of nitrogens with zero attached hydrogens (tertiary/aromatic N) is 2. The van der Waals surface area contributed by atoms with Gasteiger partial charge in [-0.25, -0.2) is 23.1 Å².